The number of aromatic nitrogens is 1. The van der Waals surface area contributed by atoms with Crippen LogP contribution in [0.3, 0.4) is 0 Å². The highest BCUT2D eigenvalue weighted by Gasteiger charge is 2.40. The molecule has 1 aromatic heterocycles. The van der Waals surface area contributed by atoms with Gasteiger partial charge in [0.25, 0.3) is 0 Å². The van der Waals surface area contributed by atoms with E-state index in [1.165, 1.54) is 5.56 Å². The fraction of sp³-hybridized carbons (Fsp3) is 0.515. The molecule has 2 aliphatic rings. The molecule has 2 heterocycles. The van der Waals surface area contributed by atoms with Gasteiger partial charge in [-0.25, -0.2) is 0 Å². The van der Waals surface area contributed by atoms with Gasteiger partial charge in [0.2, 0.25) is 11.5 Å². The fourth-order valence-corrected chi connectivity index (χ4v) is 6.08. The second-order valence-corrected chi connectivity index (χ2v) is 11.5. The summed E-state index contributed by atoms with van der Waals surface area (Å²) in [6.45, 7) is 5.72. The third-order valence-corrected chi connectivity index (χ3v) is 8.25. The van der Waals surface area contributed by atoms with Crippen molar-refractivity contribution in [2.45, 2.75) is 57.5 Å². The third-order valence-electron chi connectivity index (χ3n) is 8.25. The molecule has 3 aromatic rings. The number of rotatable bonds is 13. The first kappa shape index (κ1) is 29.3. The van der Waals surface area contributed by atoms with Crippen molar-refractivity contribution in [3.8, 4) is 5.75 Å². The Morgan fingerprint density at radius 1 is 0.976 bits per heavy atom. The van der Waals surface area contributed by atoms with Crippen LogP contribution < -0.4 is 15.6 Å². The van der Waals surface area contributed by atoms with Crippen LogP contribution in [0, 0.1) is 12.8 Å². The van der Waals surface area contributed by atoms with Crippen molar-refractivity contribution in [1.29, 1.82) is 0 Å². The molecule has 0 spiro atoms. The van der Waals surface area contributed by atoms with E-state index in [-0.39, 0.29) is 29.3 Å². The summed E-state index contributed by atoms with van der Waals surface area (Å²) in [7, 11) is 3.38. The number of methoxy groups -OCH3 is 2. The Balaban J connectivity index is 1.43. The van der Waals surface area contributed by atoms with Crippen LogP contribution in [-0.4, -0.2) is 69.0 Å². The van der Waals surface area contributed by atoms with Crippen molar-refractivity contribution in [3.63, 3.8) is 0 Å². The Hall–Kier alpha value is -3.20. The van der Waals surface area contributed by atoms with Crippen LogP contribution in [0.15, 0.2) is 47.3 Å². The Labute approximate surface area is 242 Å². The molecule has 1 amide bonds. The summed E-state index contributed by atoms with van der Waals surface area (Å²) in [6, 6.07) is 14.4. The fourth-order valence-electron chi connectivity index (χ4n) is 6.08. The van der Waals surface area contributed by atoms with Gasteiger partial charge in [-0.1, -0.05) is 17.7 Å². The van der Waals surface area contributed by atoms with Gasteiger partial charge in [-0.15, -0.1) is 0 Å². The predicted molar refractivity (Wildman–Crippen MR) is 161 cm³/mol. The second-order valence-electron chi connectivity index (χ2n) is 11.5. The van der Waals surface area contributed by atoms with E-state index < -0.39 is 0 Å². The quantitative estimate of drug-likeness (QED) is 0.302. The molecule has 5 rings (SSSR count). The van der Waals surface area contributed by atoms with Crippen molar-refractivity contribution in [3.05, 3.63) is 75.1 Å². The number of nitrogens with zero attached hydrogens (tertiary/aromatic N) is 1. The van der Waals surface area contributed by atoms with Gasteiger partial charge in [0, 0.05) is 56.9 Å². The molecule has 8 heteroatoms. The van der Waals surface area contributed by atoms with Gasteiger partial charge < -0.3 is 29.4 Å². The van der Waals surface area contributed by atoms with E-state index in [1.54, 1.807) is 20.3 Å². The number of aromatic amines is 1. The Morgan fingerprint density at radius 2 is 1.78 bits per heavy atom. The molecule has 1 aliphatic carbocycles. The second kappa shape index (κ2) is 13.6. The molecule has 2 N–H and O–H groups in total. The minimum absolute atomic E-state index is 0.0232. The molecule has 1 saturated heterocycles. The molecule has 8 nitrogen and oxygen atoms in total. The molecule has 0 radical (unpaired) electrons. The lowest BCUT2D eigenvalue weighted by Gasteiger charge is -2.36. The van der Waals surface area contributed by atoms with E-state index in [1.807, 2.05) is 12.1 Å². The molecular weight excluding hydrogens is 518 g/mol. The zero-order chi connectivity index (χ0) is 28.8. The van der Waals surface area contributed by atoms with Crippen molar-refractivity contribution in [1.82, 2.24) is 15.2 Å². The maximum Gasteiger partial charge on any atom is 0.248 e. The number of ether oxygens (including phenoxy) is 3. The molecule has 0 bridgehead atoms. The van der Waals surface area contributed by atoms with Gasteiger partial charge in [-0.05, 0) is 92.4 Å². The number of H-pyrrole nitrogens is 1. The summed E-state index contributed by atoms with van der Waals surface area (Å²) >= 11 is 0. The minimum atomic E-state index is -0.239. The lowest BCUT2D eigenvalue weighted by atomic mass is 9.79. The van der Waals surface area contributed by atoms with Crippen LogP contribution in [0.4, 0.5) is 0 Å². The number of fused-ring (bicyclic) bond motifs is 1. The van der Waals surface area contributed by atoms with Crippen LogP contribution in [-0.2, 0) is 27.2 Å². The Kier molecular flexibility index (Phi) is 9.75. The first-order valence-corrected chi connectivity index (χ1v) is 14.8. The largest absolute Gasteiger partial charge is 0.491 e. The van der Waals surface area contributed by atoms with Gasteiger partial charge in [-0.2, -0.15) is 0 Å². The predicted octanol–water partition coefficient (Wildman–Crippen LogP) is 4.33. The molecular formula is C33H43N3O5. The number of pyridine rings is 1. The van der Waals surface area contributed by atoms with Crippen LogP contribution >= 0.6 is 0 Å². The zero-order valence-corrected chi connectivity index (χ0v) is 24.5. The van der Waals surface area contributed by atoms with Gasteiger partial charge in [0.15, 0.2) is 0 Å². The molecule has 41 heavy (non-hydrogen) atoms. The molecule has 2 atom stereocenters. The summed E-state index contributed by atoms with van der Waals surface area (Å²) in [6.07, 6.45) is 4.65. The monoisotopic (exact) mass is 561 g/mol. The summed E-state index contributed by atoms with van der Waals surface area (Å²) < 4.78 is 16.4. The summed E-state index contributed by atoms with van der Waals surface area (Å²) in [5.41, 5.74) is 5.08. The normalized spacial score (nSPS) is 18.9. The van der Waals surface area contributed by atoms with Gasteiger partial charge in [0.05, 0.1) is 12.5 Å². The van der Waals surface area contributed by atoms with Crippen LogP contribution in [0.1, 0.15) is 53.9 Å². The number of aryl methyl sites for hydroxylation is 2. The number of piperidine rings is 1. The summed E-state index contributed by atoms with van der Waals surface area (Å²) in [4.78, 5) is 32.1. The lowest BCUT2D eigenvalue weighted by molar-refractivity contribution is -0.138. The van der Waals surface area contributed by atoms with E-state index in [9.17, 15) is 9.59 Å². The highest BCUT2D eigenvalue weighted by Crippen LogP contribution is 2.38. The van der Waals surface area contributed by atoms with Gasteiger partial charge >= 0.3 is 0 Å². The third kappa shape index (κ3) is 7.36. The Bertz CT molecular complexity index is 1370. The molecule has 1 saturated carbocycles. The number of hydrogen-bond donors (Lipinski definition) is 2. The maximum absolute atomic E-state index is 14.4. The number of amides is 1. The molecule has 2 unspecified atom stereocenters. The van der Waals surface area contributed by atoms with Crippen molar-refractivity contribution < 1.29 is 19.0 Å². The lowest BCUT2D eigenvalue weighted by Crippen LogP contribution is -2.47. The maximum atomic E-state index is 14.4. The average molecular weight is 562 g/mol. The Morgan fingerprint density at radius 3 is 2.56 bits per heavy atom. The molecule has 220 valence electrons. The van der Waals surface area contributed by atoms with Crippen molar-refractivity contribution >= 4 is 16.8 Å². The van der Waals surface area contributed by atoms with Crippen LogP contribution in [0.5, 0.6) is 5.75 Å². The SMILES string of the molecule is COCCCc1cc(CN(C(=O)C2CNCCC2c2cc(=O)[nH]c3ccc(C)cc23)C2CC2)cc(OCCOC)c1. The minimum Gasteiger partial charge on any atom is -0.491 e. The number of hydrogen-bond acceptors (Lipinski definition) is 6. The smallest absolute Gasteiger partial charge is 0.248 e. The van der Waals surface area contributed by atoms with Gasteiger partial charge in [-0.3, -0.25) is 9.59 Å². The van der Waals surface area contributed by atoms with E-state index in [0.29, 0.717) is 32.9 Å². The van der Waals surface area contributed by atoms with E-state index in [0.717, 1.165) is 72.0 Å². The van der Waals surface area contributed by atoms with E-state index >= 15 is 0 Å². The molecule has 1 aliphatic heterocycles. The molecule has 2 aromatic carbocycles. The highest BCUT2D eigenvalue weighted by molar-refractivity contribution is 5.86. The first-order chi connectivity index (χ1) is 20.0. The number of carbonyl (C=O) groups excluding carboxylic acids is 1. The summed E-state index contributed by atoms with van der Waals surface area (Å²) in [5.74, 6) is 0.706. The topological polar surface area (TPSA) is 92.9 Å². The van der Waals surface area contributed by atoms with Crippen molar-refractivity contribution in [2.24, 2.45) is 5.92 Å². The number of carbonyl (C=O) groups is 1. The first-order valence-electron chi connectivity index (χ1n) is 14.8. The summed E-state index contributed by atoms with van der Waals surface area (Å²) in [5, 5.41) is 4.50. The average Bonchev–Trinajstić information content (AvgIpc) is 3.81. The highest BCUT2D eigenvalue weighted by atomic mass is 16.5. The number of nitrogens with one attached hydrogen (secondary N) is 2. The number of benzene rings is 2. The van der Waals surface area contributed by atoms with Gasteiger partial charge in [0.1, 0.15) is 12.4 Å². The standard InChI is InChI=1S/C33H43N3O5/c1-22-6-9-31-29(15-22)28(19-32(37)35-31)27-10-11-34-20-30(27)33(38)36(25-7-8-25)21-24-16-23(5-4-12-39-2)17-26(18-24)41-14-13-40-3/h6,9,15-19,25,27,30,34H,4-5,7-8,10-14,20-21H2,1-3H3,(H,35,37). The van der Waals surface area contributed by atoms with Crippen LogP contribution in [0.2, 0.25) is 0 Å². The van der Waals surface area contributed by atoms with E-state index in [2.05, 4.69) is 46.4 Å². The van der Waals surface area contributed by atoms with E-state index in [4.69, 9.17) is 14.2 Å². The molecule has 2 fully saturated rings. The zero-order valence-electron chi connectivity index (χ0n) is 24.5. The van der Waals surface area contributed by atoms with Crippen molar-refractivity contribution in [2.75, 3.05) is 47.1 Å². The van der Waals surface area contributed by atoms with Crippen LogP contribution in [0.25, 0.3) is 10.9 Å².